The molecule has 1 aliphatic rings. The number of nitrogens with zero attached hydrogens (tertiary/aromatic N) is 3. The highest BCUT2D eigenvalue weighted by molar-refractivity contribution is 6.33. The van der Waals surface area contributed by atoms with Gasteiger partial charge in [-0.05, 0) is 19.0 Å². The summed E-state index contributed by atoms with van der Waals surface area (Å²) in [6.45, 7) is 4.54. The largest absolute Gasteiger partial charge is 0.417 e. The van der Waals surface area contributed by atoms with Gasteiger partial charge < -0.3 is 15.5 Å². The standard InChI is InChI=1S/C13H18ClF3N4/c14-11-8-10(13(15,16)17)9-19-12(11)21-4-1-3-20(5-2-18)6-7-21/h8-9H,1-7,18H2. The van der Waals surface area contributed by atoms with E-state index in [1.807, 2.05) is 4.90 Å². The first-order chi connectivity index (χ1) is 9.91. The van der Waals surface area contributed by atoms with Gasteiger partial charge >= 0.3 is 6.18 Å². The number of pyridine rings is 1. The number of hydrogen-bond acceptors (Lipinski definition) is 4. The van der Waals surface area contributed by atoms with Crippen molar-refractivity contribution < 1.29 is 13.2 Å². The van der Waals surface area contributed by atoms with Crippen LogP contribution in [-0.4, -0.2) is 49.2 Å². The Bertz CT molecular complexity index is 481. The van der Waals surface area contributed by atoms with Gasteiger partial charge in [0, 0.05) is 38.9 Å². The summed E-state index contributed by atoms with van der Waals surface area (Å²) in [5, 5.41) is 0.0390. The SMILES string of the molecule is NCCN1CCCN(c2ncc(C(F)(F)F)cc2Cl)CC1. The molecule has 2 heterocycles. The Morgan fingerprint density at radius 1 is 1.24 bits per heavy atom. The summed E-state index contributed by atoms with van der Waals surface area (Å²) in [5.74, 6) is 0.416. The van der Waals surface area contributed by atoms with Crippen molar-refractivity contribution in [3.8, 4) is 0 Å². The van der Waals surface area contributed by atoms with Gasteiger partial charge in [0.2, 0.25) is 0 Å². The van der Waals surface area contributed by atoms with Crippen LogP contribution in [0, 0.1) is 0 Å². The highest BCUT2D eigenvalue weighted by Gasteiger charge is 2.32. The number of hydrogen-bond donors (Lipinski definition) is 1. The van der Waals surface area contributed by atoms with Crippen LogP contribution in [0.3, 0.4) is 0 Å². The van der Waals surface area contributed by atoms with E-state index in [0.29, 0.717) is 18.9 Å². The molecule has 8 heteroatoms. The minimum absolute atomic E-state index is 0.0390. The molecule has 1 aromatic heterocycles. The van der Waals surface area contributed by atoms with Crippen LogP contribution >= 0.6 is 11.6 Å². The third-order valence-corrected chi connectivity index (χ3v) is 3.76. The number of halogens is 4. The Labute approximate surface area is 126 Å². The maximum atomic E-state index is 12.6. The van der Waals surface area contributed by atoms with E-state index in [2.05, 4.69) is 9.88 Å². The first kappa shape index (κ1) is 16.3. The molecule has 0 unspecified atom stereocenters. The molecule has 1 aliphatic heterocycles. The molecule has 118 valence electrons. The number of aromatic nitrogens is 1. The van der Waals surface area contributed by atoms with Gasteiger partial charge in [0.1, 0.15) is 5.82 Å². The zero-order chi connectivity index (χ0) is 15.5. The molecule has 0 spiro atoms. The van der Waals surface area contributed by atoms with E-state index >= 15 is 0 Å². The van der Waals surface area contributed by atoms with E-state index in [4.69, 9.17) is 17.3 Å². The van der Waals surface area contributed by atoms with Gasteiger partial charge in [-0.15, -0.1) is 0 Å². The minimum atomic E-state index is -4.42. The summed E-state index contributed by atoms with van der Waals surface area (Å²) >= 11 is 5.98. The van der Waals surface area contributed by atoms with Crippen LogP contribution < -0.4 is 10.6 Å². The van der Waals surface area contributed by atoms with Crippen LogP contribution in [0.5, 0.6) is 0 Å². The molecule has 0 amide bonds. The van der Waals surface area contributed by atoms with Crippen molar-refractivity contribution in [2.45, 2.75) is 12.6 Å². The van der Waals surface area contributed by atoms with Crippen molar-refractivity contribution in [3.63, 3.8) is 0 Å². The molecule has 1 aromatic rings. The lowest BCUT2D eigenvalue weighted by atomic mass is 10.2. The number of alkyl halides is 3. The highest BCUT2D eigenvalue weighted by Crippen LogP contribution is 2.33. The molecule has 2 rings (SSSR count). The third kappa shape index (κ3) is 4.21. The fraction of sp³-hybridized carbons (Fsp3) is 0.615. The molecule has 2 N–H and O–H groups in total. The van der Waals surface area contributed by atoms with Gasteiger partial charge in [0.25, 0.3) is 0 Å². The zero-order valence-electron chi connectivity index (χ0n) is 11.5. The van der Waals surface area contributed by atoms with Gasteiger partial charge in [-0.25, -0.2) is 4.98 Å². The third-order valence-electron chi connectivity index (χ3n) is 3.48. The van der Waals surface area contributed by atoms with Crippen LogP contribution in [0.25, 0.3) is 0 Å². The molecule has 0 atom stereocenters. The van der Waals surface area contributed by atoms with Crippen molar-refractivity contribution in [2.75, 3.05) is 44.2 Å². The van der Waals surface area contributed by atoms with E-state index in [1.54, 1.807) is 0 Å². The van der Waals surface area contributed by atoms with E-state index in [9.17, 15) is 13.2 Å². The molecule has 21 heavy (non-hydrogen) atoms. The van der Waals surface area contributed by atoms with Gasteiger partial charge in [-0.1, -0.05) is 11.6 Å². The molecule has 1 fully saturated rings. The van der Waals surface area contributed by atoms with Crippen molar-refractivity contribution in [1.29, 1.82) is 0 Å². The second-order valence-electron chi connectivity index (χ2n) is 5.00. The fourth-order valence-corrected chi connectivity index (χ4v) is 2.69. The van der Waals surface area contributed by atoms with Gasteiger partial charge in [-0.3, -0.25) is 0 Å². The first-order valence-corrected chi connectivity index (χ1v) is 7.19. The topological polar surface area (TPSA) is 45.4 Å². The molecule has 0 aromatic carbocycles. The molecular weight excluding hydrogens is 305 g/mol. The van der Waals surface area contributed by atoms with Crippen LogP contribution in [0.15, 0.2) is 12.3 Å². The van der Waals surface area contributed by atoms with Gasteiger partial charge in [0.15, 0.2) is 0 Å². The smallest absolute Gasteiger partial charge is 0.354 e. The minimum Gasteiger partial charge on any atom is -0.354 e. The number of rotatable bonds is 3. The fourth-order valence-electron chi connectivity index (χ4n) is 2.41. The lowest BCUT2D eigenvalue weighted by molar-refractivity contribution is -0.137. The second kappa shape index (κ2) is 6.81. The average Bonchev–Trinajstić information content (AvgIpc) is 2.64. The predicted molar refractivity (Wildman–Crippen MR) is 76.6 cm³/mol. The Balaban J connectivity index is 2.11. The second-order valence-corrected chi connectivity index (χ2v) is 5.41. The lowest BCUT2D eigenvalue weighted by Gasteiger charge is -2.23. The number of anilines is 1. The van der Waals surface area contributed by atoms with E-state index in [-0.39, 0.29) is 5.02 Å². The van der Waals surface area contributed by atoms with Crippen LogP contribution in [0.1, 0.15) is 12.0 Å². The Morgan fingerprint density at radius 2 is 2.00 bits per heavy atom. The molecule has 0 bridgehead atoms. The van der Waals surface area contributed by atoms with E-state index < -0.39 is 11.7 Å². The Kier molecular flexibility index (Phi) is 5.29. The van der Waals surface area contributed by atoms with Gasteiger partial charge in [0.05, 0.1) is 10.6 Å². The van der Waals surface area contributed by atoms with Crippen molar-refractivity contribution in [1.82, 2.24) is 9.88 Å². The van der Waals surface area contributed by atoms with E-state index in [0.717, 1.165) is 44.9 Å². The average molecular weight is 323 g/mol. The quantitative estimate of drug-likeness (QED) is 0.927. The van der Waals surface area contributed by atoms with Crippen LogP contribution in [0.4, 0.5) is 19.0 Å². The molecule has 0 saturated carbocycles. The lowest BCUT2D eigenvalue weighted by Crippen LogP contribution is -2.34. The summed E-state index contributed by atoms with van der Waals surface area (Å²) in [6.07, 6.45) is -2.69. The maximum absolute atomic E-state index is 12.6. The summed E-state index contributed by atoms with van der Waals surface area (Å²) in [5.41, 5.74) is 4.72. The summed E-state index contributed by atoms with van der Waals surface area (Å²) in [6, 6.07) is 0.937. The van der Waals surface area contributed by atoms with Crippen LogP contribution in [-0.2, 0) is 6.18 Å². The van der Waals surface area contributed by atoms with E-state index in [1.165, 1.54) is 0 Å². The molecule has 0 radical (unpaired) electrons. The predicted octanol–water partition coefficient (Wildman–Crippen LogP) is 2.22. The Hall–Kier alpha value is -1.05. The van der Waals surface area contributed by atoms with Gasteiger partial charge in [-0.2, -0.15) is 13.2 Å². The summed E-state index contributed by atoms with van der Waals surface area (Å²) in [4.78, 5) is 8.08. The van der Waals surface area contributed by atoms with Crippen molar-refractivity contribution in [3.05, 3.63) is 22.8 Å². The maximum Gasteiger partial charge on any atom is 0.417 e. The number of nitrogens with two attached hydrogens (primary N) is 1. The summed E-state index contributed by atoms with van der Waals surface area (Å²) < 4.78 is 37.8. The molecule has 1 saturated heterocycles. The first-order valence-electron chi connectivity index (χ1n) is 6.82. The monoisotopic (exact) mass is 322 g/mol. The van der Waals surface area contributed by atoms with Crippen molar-refractivity contribution >= 4 is 17.4 Å². The van der Waals surface area contributed by atoms with Crippen molar-refractivity contribution in [2.24, 2.45) is 5.73 Å². The normalized spacial score (nSPS) is 17.9. The summed E-state index contributed by atoms with van der Waals surface area (Å²) in [7, 11) is 0. The Morgan fingerprint density at radius 3 is 2.62 bits per heavy atom. The molecule has 4 nitrogen and oxygen atoms in total. The molecular formula is C13H18ClF3N4. The zero-order valence-corrected chi connectivity index (χ0v) is 12.3. The van der Waals surface area contributed by atoms with Crippen LogP contribution in [0.2, 0.25) is 5.02 Å². The highest BCUT2D eigenvalue weighted by atomic mass is 35.5. The molecule has 0 aliphatic carbocycles.